The molecule has 1 fully saturated rings. The Morgan fingerprint density at radius 1 is 0.774 bits per heavy atom. The van der Waals surface area contributed by atoms with Crippen LogP contribution < -0.4 is 16.0 Å². The van der Waals surface area contributed by atoms with Gasteiger partial charge in [0.2, 0.25) is 0 Å². The van der Waals surface area contributed by atoms with Gasteiger partial charge < -0.3 is 25.8 Å². The highest BCUT2D eigenvalue weighted by atomic mass is 16.6. The maximum atomic E-state index is 12.8. The zero-order valence-electron chi connectivity index (χ0n) is 16.7. The molecule has 0 aliphatic carbocycles. The first-order chi connectivity index (χ1) is 15.1. The molecule has 0 bridgehead atoms. The lowest BCUT2D eigenvalue weighted by Gasteiger charge is -2.16. The molecular weight excluding hydrogens is 394 g/mol. The van der Waals surface area contributed by atoms with Crippen molar-refractivity contribution in [2.24, 2.45) is 0 Å². The number of aliphatic hydroxyl groups excluding tert-OH is 1. The van der Waals surface area contributed by atoms with Crippen molar-refractivity contribution in [1.82, 2.24) is 5.32 Å². The molecular formula is C24H23N3O4. The van der Waals surface area contributed by atoms with Crippen LogP contribution in [-0.4, -0.2) is 35.9 Å². The normalized spacial score (nSPS) is 17.7. The summed E-state index contributed by atoms with van der Waals surface area (Å²) in [5, 5.41) is 18.6. The van der Waals surface area contributed by atoms with E-state index in [2.05, 4.69) is 16.0 Å². The van der Waals surface area contributed by atoms with Gasteiger partial charge in [-0.25, -0.2) is 0 Å². The highest BCUT2D eigenvalue weighted by molar-refractivity contribution is 6.12. The number of amides is 2. The third kappa shape index (κ3) is 5.09. The van der Waals surface area contributed by atoms with E-state index < -0.39 is 24.1 Å². The van der Waals surface area contributed by atoms with Gasteiger partial charge in [0.05, 0.1) is 23.8 Å². The molecule has 0 saturated carbocycles. The van der Waals surface area contributed by atoms with Crippen molar-refractivity contribution in [3.63, 3.8) is 0 Å². The predicted molar refractivity (Wildman–Crippen MR) is 118 cm³/mol. The van der Waals surface area contributed by atoms with Crippen LogP contribution >= 0.6 is 0 Å². The fourth-order valence-electron chi connectivity index (χ4n) is 3.37. The van der Waals surface area contributed by atoms with E-state index in [4.69, 9.17) is 4.74 Å². The van der Waals surface area contributed by atoms with Crippen molar-refractivity contribution < 1.29 is 19.4 Å². The van der Waals surface area contributed by atoms with Crippen molar-refractivity contribution in [1.29, 1.82) is 0 Å². The molecule has 7 nitrogen and oxygen atoms in total. The maximum Gasteiger partial charge on any atom is 0.256 e. The van der Waals surface area contributed by atoms with Crippen molar-refractivity contribution in [2.75, 3.05) is 17.2 Å². The smallest absolute Gasteiger partial charge is 0.256 e. The van der Waals surface area contributed by atoms with Crippen molar-refractivity contribution in [3.8, 4) is 0 Å². The summed E-state index contributed by atoms with van der Waals surface area (Å²) < 4.78 is 5.06. The quantitative estimate of drug-likeness (QED) is 0.492. The number of para-hydroxylation sites is 1. The number of ether oxygens (including phenoxy) is 1. The van der Waals surface area contributed by atoms with Gasteiger partial charge in [-0.15, -0.1) is 0 Å². The van der Waals surface area contributed by atoms with Crippen LogP contribution in [0.25, 0.3) is 0 Å². The van der Waals surface area contributed by atoms with Gasteiger partial charge in [0.25, 0.3) is 11.8 Å². The molecule has 3 aromatic rings. The Bertz CT molecular complexity index is 1050. The van der Waals surface area contributed by atoms with Crippen LogP contribution in [0.1, 0.15) is 27.1 Å². The lowest BCUT2D eigenvalue weighted by atomic mass is 10.1. The first kappa shape index (κ1) is 20.6. The number of hydrogen-bond acceptors (Lipinski definition) is 5. The largest absolute Gasteiger partial charge is 0.366 e. The third-order valence-corrected chi connectivity index (χ3v) is 5.00. The number of anilines is 3. The number of carbonyl (C=O) groups is 2. The van der Waals surface area contributed by atoms with Crippen LogP contribution in [0.3, 0.4) is 0 Å². The Balaban J connectivity index is 1.43. The molecule has 2 atom stereocenters. The van der Waals surface area contributed by atoms with E-state index in [1.54, 1.807) is 36.4 Å². The van der Waals surface area contributed by atoms with Gasteiger partial charge in [-0.1, -0.05) is 30.3 Å². The average Bonchev–Trinajstić information content (AvgIpc) is 3.20. The lowest BCUT2D eigenvalue weighted by molar-refractivity contribution is -0.0704. The number of benzene rings is 3. The second-order valence-corrected chi connectivity index (χ2v) is 7.20. The maximum absolute atomic E-state index is 12.8. The number of nitrogens with one attached hydrogen (secondary N) is 3. The molecule has 4 N–H and O–H groups in total. The van der Waals surface area contributed by atoms with E-state index in [9.17, 15) is 14.7 Å². The number of hydrogen-bond donors (Lipinski definition) is 4. The molecule has 31 heavy (non-hydrogen) atoms. The minimum absolute atomic E-state index is 0.237. The van der Waals surface area contributed by atoms with Gasteiger partial charge in [0.15, 0.2) is 6.29 Å². The van der Waals surface area contributed by atoms with E-state index in [1.807, 2.05) is 42.5 Å². The second-order valence-electron chi connectivity index (χ2n) is 7.20. The third-order valence-electron chi connectivity index (χ3n) is 5.00. The van der Waals surface area contributed by atoms with E-state index in [-0.39, 0.29) is 11.1 Å². The van der Waals surface area contributed by atoms with Crippen LogP contribution in [0.15, 0.2) is 78.9 Å². The molecule has 0 radical (unpaired) electrons. The average molecular weight is 417 g/mol. The van der Waals surface area contributed by atoms with Gasteiger partial charge >= 0.3 is 0 Å². The molecule has 1 aliphatic rings. The number of carbonyl (C=O) groups excluding carboxylic acids is 2. The predicted octanol–water partition coefficient (Wildman–Crippen LogP) is 3.52. The van der Waals surface area contributed by atoms with Crippen molar-refractivity contribution in [3.05, 3.63) is 90.0 Å². The summed E-state index contributed by atoms with van der Waals surface area (Å²) in [7, 11) is 0. The monoisotopic (exact) mass is 417 g/mol. The fourth-order valence-corrected chi connectivity index (χ4v) is 3.37. The Kier molecular flexibility index (Phi) is 6.26. The zero-order valence-corrected chi connectivity index (χ0v) is 16.7. The first-order valence-electron chi connectivity index (χ1n) is 10.0. The van der Waals surface area contributed by atoms with Crippen molar-refractivity contribution >= 4 is 28.9 Å². The zero-order chi connectivity index (χ0) is 21.6. The molecule has 0 aromatic heterocycles. The van der Waals surface area contributed by atoms with Crippen LogP contribution in [-0.2, 0) is 4.74 Å². The van der Waals surface area contributed by atoms with Crippen molar-refractivity contribution in [2.45, 2.75) is 18.8 Å². The summed E-state index contributed by atoms with van der Waals surface area (Å²) in [5.74, 6) is -0.819. The molecule has 0 spiro atoms. The van der Waals surface area contributed by atoms with Crippen LogP contribution in [0.4, 0.5) is 17.1 Å². The molecule has 1 heterocycles. The van der Waals surface area contributed by atoms with Crippen LogP contribution in [0, 0.1) is 0 Å². The number of rotatable bonds is 6. The summed E-state index contributed by atoms with van der Waals surface area (Å²) in [6, 6.07) is 23.2. The Morgan fingerprint density at radius 2 is 1.35 bits per heavy atom. The molecule has 158 valence electrons. The Labute approximate surface area is 180 Å². The lowest BCUT2D eigenvalue weighted by Crippen LogP contribution is -2.41. The Morgan fingerprint density at radius 3 is 2.00 bits per heavy atom. The molecule has 2 amide bonds. The summed E-state index contributed by atoms with van der Waals surface area (Å²) in [6.07, 6.45) is -0.516. The van der Waals surface area contributed by atoms with E-state index in [0.717, 1.165) is 11.4 Å². The minimum atomic E-state index is -1.03. The molecule has 1 saturated heterocycles. The standard InChI is InChI=1S/C24H23N3O4/c28-22(26-18-12-10-17(11-13-18)25-16-6-2-1-3-7-16)19-8-4-5-9-20(19)23(29)27-21-14-15-31-24(21)30/h1-13,21,24-25,30H,14-15H2,(H,26,28)(H,27,29). The Hall–Kier alpha value is -3.68. The minimum Gasteiger partial charge on any atom is -0.366 e. The molecule has 7 heteroatoms. The van der Waals surface area contributed by atoms with Crippen LogP contribution in [0.2, 0.25) is 0 Å². The van der Waals surface area contributed by atoms with Gasteiger partial charge in [-0.2, -0.15) is 0 Å². The molecule has 1 aliphatic heterocycles. The van der Waals surface area contributed by atoms with Gasteiger partial charge in [0, 0.05) is 17.1 Å². The van der Waals surface area contributed by atoms with E-state index in [1.165, 1.54) is 0 Å². The fraction of sp³-hybridized carbons (Fsp3) is 0.167. The first-order valence-corrected chi connectivity index (χ1v) is 10.0. The molecule has 4 rings (SSSR count). The van der Waals surface area contributed by atoms with Gasteiger partial charge in [-0.3, -0.25) is 9.59 Å². The summed E-state index contributed by atoms with van der Waals surface area (Å²) in [5.41, 5.74) is 2.96. The van der Waals surface area contributed by atoms with Gasteiger partial charge in [-0.05, 0) is 55.0 Å². The number of aliphatic hydroxyl groups is 1. The highest BCUT2D eigenvalue weighted by Gasteiger charge is 2.29. The molecule has 2 unspecified atom stereocenters. The SMILES string of the molecule is O=C(Nc1ccc(Nc2ccccc2)cc1)c1ccccc1C(=O)NC1CCOC1O. The van der Waals surface area contributed by atoms with Crippen LogP contribution in [0.5, 0.6) is 0 Å². The van der Waals surface area contributed by atoms with E-state index >= 15 is 0 Å². The highest BCUT2D eigenvalue weighted by Crippen LogP contribution is 2.20. The second kappa shape index (κ2) is 9.42. The molecule has 3 aromatic carbocycles. The topological polar surface area (TPSA) is 99.7 Å². The summed E-state index contributed by atoms with van der Waals surface area (Å²) >= 11 is 0. The summed E-state index contributed by atoms with van der Waals surface area (Å²) in [6.45, 7) is 0.378. The summed E-state index contributed by atoms with van der Waals surface area (Å²) in [4.78, 5) is 25.5. The van der Waals surface area contributed by atoms with E-state index in [0.29, 0.717) is 18.7 Å². The van der Waals surface area contributed by atoms with Gasteiger partial charge in [0.1, 0.15) is 0 Å².